The van der Waals surface area contributed by atoms with Crippen LogP contribution in [0.5, 0.6) is 11.5 Å². The fraction of sp³-hybridized carbons (Fsp3) is 0.474. The van der Waals surface area contributed by atoms with Crippen LogP contribution in [-0.2, 0) is 9.47 Å². The van der Waals surface area contributed by atoms with Gasteiger partial charge in [-0.3, -0.25) is 0 Å². The second-order valence-electron chi connectivity index (χ2n) is 7.08. The highest BCUT2D eigenvalue weighted by Crippen LogP contribution is 2.47. The number of aromatic hydroxyl groups is 2. The predicted octanol–water partition coefficient (Wildman–Crippen LogP) is 4.98. The van der Waals surface area contributed by atoms with Gasteiger partial charge in [-0.1, -0.05) is 0 Å². The van der Waals surface area contributed by atoms with Crippen LogP contribution in [0.4, 0.5) is 0 Å². The van der Waals surface area contributed by atoms with Crippen molar-refractivity contribution in [3.05, 3.63) is 36.3 Å². The number of thioether (sulfide) groups is 2. The van der Waals surface area contributed by atoms with Crippen LogP contribution in [0.1, 0.15) is 32.3 Å². The van der Waals surface area contributed by atoms with E-state index in [1.165, 1.54) is 11.8 Å². The number of rotatable bonds is 6. The van der Waals surface area contributed by atoms with Crippen molar-refractivity contribution in [2.75, 3.05) is 11.5 Å². The first-order valence-electron chi connectivity index (χ1n) is 8.29. The van der Waals surface area contributed by atoms with E-state index in [1.54, 1.807) is 30.4 Å². The summed E-state index contributed by atoms with van der Waals surface area (Å²) in [7, 11) is 0. The highest BCUT2D eigenvalue weighted by molar-refractivity contribution is 8.02. The number of hydrogen-bond acceptors (Lipinski definition) is 6. The number of phenols is 2. The molecule has 0 radical (unpaired) electrons. The minimum Gasteiger partial charge on any atom is -0.504 e. The molecule has 3 rings (SSSR count). The van der Waals surface area contributed by atoms with Crippen molar-refractivity contribution in [2.45, 2.75) is 54.6 Å². The summed E-state index contributed by atoms with van der Waals surface area (Å²) in [6.45, 7) is 6.09. The van der Waals surface area contributed by atoms with Crippen molar-refractivity contribution in [1.82, 2.24) is 0 Å². The quantitative estimate of drug-likeness (QED) is 0.536. The summed E-state index contributed by atoms with van der Waals surface area (Å²) >= 11 is 3.19. The Hall–Kier alpha value is -1.40. The molecule has 1 aromatic carbocycles. The normalized spacial score (nSPS) is 27.5. The van der Waals surface area contributed by atoms with E-state index in [9.17, 15) is 10.2 Å². The molecule has 0 fully saturated rings. The van der Waals surface area contributed by atoms with E-state index in [1.807, 2.05) is 19.1 Å². The first-order valence-corrected chi connectivity index (χ1v) is 10.3. The van der Waals surface area contributed by atoms with Gasteiger partial charge < -0.3 is 19.7 Å². The molecule has 0 aliphatic carbocycles. The molecule has 0 aromatic heterocycles. The number of phenolic OH excluding ortho intramolecular Hbond substituents is 2. The van der Waals surface area contributed by atoms with Gasteiger partial charge in [0.05, 0.1) is 17.4 Å². The maximum Gasteiger partial charge on any atom is 0.172 e. The molecular formula is C19H24O4S2. The molecule has 2 aliphatic heterocycles. The molecule has 2 unspecified atom stereocenters. The second-order valence-corrected chi connectivity index (χ2v) is 9.06. The number of ether oxygens (including phenoxy) is 2. The Morgan fingerprint density at radius 3 is 1.96 bits per heavy atom. The van der Waals surface area contributed by atoms with Crippen LogP contribution in [0.3, 0.4) is 0 Å². The number of aryl methyl sites for hydroxylation is 1. The van der Waals surface area contributed by atoms with Crippen molar-refractivity contribution < 1.29 is 19.7 Å². The van der Waals surface area contributed by atoms with Crippen molar-refractivity contribution in [1.29, 1.82) is 0 Å². The van der Waals surface area contributed by atoms with Crippen molar-refractivity contribution in [3.63, 3.8) is 0 Å². The van der Waals surface area contributed by atoms with Crippen LogP contribution < -0.4 is 0 Å². The molecule has 0 bridgehead atoms. The second kappa shape index (κ2) is 7.08. The van der Waals surface area contributed by atoms with E-state index >= 15 is 0 Å². The Bertz CT molecular complexity index is 696. The zero-order valence-electron chi connectivity index (χ0n) is 14.7. The number of benzene rings is 1. The molecule has 0 amide bonds. The van der Waals surface area contributed by atoms with Crippen LogP contribution in [0.25, 0.3) is 0 Å². The predicted molar refractivity (Wildman–Crippen MR) is 102 cm³/mol. The first kappa shape index (κ1) is 18.4. The molecule has 6 heteroatoms. The van der Waals surface area contributed by atoms with Gasteiger partial charge in [-0.25, -0.2) is 0 Å². The average Bonchev–Trinajstić information content (AvgIpc) is 3.18. The van der Waals surface area contributed by atoms with Gasteiger partial charge in [-0.2, -0.15) is 0 Å². The smallest absolute Gasteiger partial charge is 0.172 e. The lowest BCUT2D eigenvalue weighted by Gasteiger charge is -2.26. The Morgan fingerprint density at radius 2 is 1.48 bits per heavy atom. The molecule has 136 valence electrons. The van der Waals surface area contributed by atoms with E-state index in [0.29, 0.717) is 10.6 Å². The third-order valence-electron chi connectivity index (χ3n) is 4.42. The topological polar surface area (TPSA) is 58.9 Å². The average molecular weight is 381 g/mol. The van der Waals surface area contributed by atoms with Crippen LogP contribution in [-0.4, -0.2) is 32.9 Å². The summed E-state index contributed by atoms with van der Waals surface area (Å²) in [5, 5.41) is 20.5. The molecule has 2 atom stereocenters. The molecule has 0 spiro atoms. The largest absolute Gasteiger partial charge is 0.504 e. The van der Waals surface area contributed by atoms with Crippen LogP contribution in [0.15, 0.2) is 40.5 Å². The van der Waals surface area contributed by atoms with E-state index < -0.39 is 0 Å². The first-order chi connectivity index (χ1) is 11.8. The molecule has 2 N–H and O–H groups in total. The van der Waals surface area contributed by atoms with Crippen molar-refractivity contribution >= 4 is 23.5 Å². The van der Waals surface area contributed by atoms with Gasteiger partial charge in [-0.05, 0) is 44.6 Å². The minimum atomic E-state index is -0.275. The van der Waals surface area contributed by atoms with Crippen LogP contribution >= 0.6 is 23.5 Å². The minimum absolute atomic E-state index is 0.0525. The Labute approximate surface area is 157 Å². The lowest BCUT2D eigenvalue weighted by Crippen LogP contribution is -2.26. The zero-order chi connectivity index (χ0) is 18.1. The third-order valence-corrected chi connectivity index (χ3v) is 7.56. The summed E-state index contributed by atoms with van der Waals surface area (Å²) in [6, 6.07) is 1.62. The monoisotopic (exact) mass is 380 g/mol. The fourth-order valence-electron chi connectivity index (χ4n) is 2.81. The maximum atomic E-state index is 10.4. The van der Waals surface area contributed by atoms with E-state index in [-0.39, 0.29) is 22.7 Å². The van der Waals surface area contributed by atoms with E-state index in [0.717, 1.165) is 29.1 Å². The van der Waals surface area contributed by atoms with Gasteiger partial charge in [0.1, 0.15) is 11.2 Å². The van der Waals surface area contributed by atoms with Gasteiger partial charge in [0.15, 0.2) is 11.5 Å². The maximum absolute atomic E-state index is 10.4. The summed E-state index contributed by atoms with van der Waals surface area (Å²) in [6.07, 6.45) is 9.25. The molecule has 0 saturated carbocycles. The van der Waals surface area contributed by atoms with Gasteiger partial charge in [0.25, 0.3) is 0 Å². The fourth-order valence-corrected chi connectivity index (χ4v) is 5.48. The highest BCUT2D eigenvalue weighted by Gasteiger charge is 2.31. The summed E-state index contributed by atoms with van der Waals surface area (Å²) in [5.74, 6) is 1.33. The SMILES string of the molecule is Cc1cc(O)c(O)c(SCC2(C)CC=CO2)c1SCC1(C)CC=CO1. The van der Waals surface area contributed by atoms with Gasteiger partial charge in [0.2, 0.25) is 0 Å². The van der Waals surface area contributed by atoms with Gasteiger partial charge in [0, 0.05) is 29.2 Å². The molecular weight excluding hydrogens is 356 g/mol. The molecule has 25 heavy (non-hydrogen) atoms. The molecule has 2 heterocycles. The number of hydrogen-bond donors (Lipinski definition) is 2. The highest BCUT2D eigenvalue weighted by atomic mass is 32.2. The van der Waals surface area contributed by atoms with E-state index in [4.69, 9.17) is 9.47 Å². The summed E-state index contributed by atoms with van der Waals surface area (Å²) in [5.41, 5.74) is 0.452. The van der Waals surface area contributed by atoms with Gasteiger partial charge >= 0.3 is 0 Å². The van der Waals surface area contributed by atoms with E-state index in [2.05, 4.69) is 13.8 Å². The molecule has 4 nitrogen and oxygen atoms in total. The Balaban J connectivity index is 1.79. The Morgan fingerprint density at radius 1 is 0.960 bits per heavy atom. The summed E-state index contributed by atoms with van der Waals surface area (Å²) < 4.78 is 11.4. The zero-order valence-corrected chi connectivity index (χ0v) is 16.4. The third kappa shape index (κ3) is 4.06. The lowest BCUT2D eigenvalue weighted by atomic mass is 10.1. The standard InChI is InChI=1S/C19H24O4S2/c1-13-10-14(20)15(21)17(25-12-19(3)7-5-9-23-19)16(13)24-11-18(2)6-4-8-22-18/h4-5,8-10,20-21H,6-7,11-12H2,1-3H3. The summed E-state index contributed by atoms with van der Waals surface area (Å²) in [4.78, 5) is 1.71. The Kier molecular flexibility index (Phi) is 5.21. The van der Waals surface area contributed by atoms with Crippen LogP contribution in [0, 0.1) is 6.92 Å². The van der Waals surface area contributed by atoms with Crippen molar-refractivity contribution in [2.24, 2.45) is 0 Å². The van der Waals surface area contributed by atoms with Crippen LogP contribution in [0.2, 0.25) is 0 Å². The van der Waals surface area contributed by atoms with Crippen molar-refractivity contribution in [3.8, 4) is 11.5 Å². The van der Waals surface area contributed by atoms with Gasteiger partial charge in [-0.15, -0.1) is 23.5 Å². The molecule has 0 saturated heterocycles. The molecule has 1 aromatic rings. The lowest BCUT2D eigenvalue weighted by molar-refractivity contribution is 0.0872. The molecule has 2 aliphatic rings.